The number of aromatic nitrogens is 3. The Kier molecular flexibility index (Phi) is 8.17. The fourth-order valence-corrected chi connectivity index (χ4v) is 6.11. The second kappa shape index (κ2) is 12.2. The van der Waals surface area contributed by atoms with Gasteiger partial charge in [-0.15, -0.1) is 0 Å². The summed E-state index contributed by atoms with van der Waals surface area (Å²) in [6.07, 6.45) is 7.02. The second-order valence-corrected chi connectivity index (χ2v) is 11.4. The lowest BCUT2D eigenvalue weighted by atomic mass is 10.0. The molecule has 12 heteroatoms. The number of carbonyl (C=O) groups excluding carboxylic acids is 1. The zero-order valence-electron chi connectivity index (χ0n) is 24.8. The van der Waals surface area contributed by atoms with Crippen molar-refractivity contribution in [3.8, 4) is 11.6 Å². The smallest absolute Gasteiger partial charge is 0.222 e. The van der Waals surface area contributed by atoms with Gasteiger partial charge in [0, 0.05) is 63.2 Å². The van der Waals surface area contributed by atoms with Gasteiger partial charge >= 0.3 is 0 Å². The van der Waals surface area contributed by atoms with E-state index < -0.39 is 11.6 Å². The van der Waals surface area contributed by atoms with Gasteiger partial charge in [0.05, 0.1) is 35.9 Å². The summed E-state index contributed by atoms with van der Waals surface area (Å²) in [5.74, 6) is -1.61. The molecule has 44 heavy (non-hydrogen) atoms. The van der Waals surface area contributed by atoms with Crippen LogP contribution in [0, 0.1) is 11.6 Å². The highest BCUT2D eigenvalue weighted by Crippen LogP contribution is 2.36. The van der Waals surface area contributed by atoms with Crippen molar-refractivity contribution >= 4 is 28.3 Å². The minimum atomic E-state index is -1.11. The number of nitrogens with one attached hydrogen (secondary N) is 1. The van der Waals surface area contributed by atoms with Gasteiger partial charge in [-0.1, -0.05) is 0 Å². The monoisotopic (exact) mass is 604 g/mol. The molecule has 10 nitrogen and oxygen atoms in total. The summed E-state index contributed by atoms with van der Waals surface area (Å²) in [4.78, 5) is 38.4. The minimum Gasteiger partial charge on any atom is -0.486 e. The lowest BCUT2D eigenvalue weighted by Gasteiger charge is -2.40. The Morgan fingerprint density at radius 2 is 2.05 bits per heavy atom. The van der Waals surface area contributed by atoms with E-state index >= 15 is 0 Å². The molecule has 1 fully saturated rings. The number of nitrogens with zero attached hydrogens (tertiary/aromatic N) is 5. The van der Waals surface area contributed by atoms with Gasteiger partial charge in [0.15, 0.2) is 17.0 Å². The Morgan fingerprint density at radius 1 is 1.20 bits per heavy atom. The molecule has 1 N–H and O–H groups in total. The van der Waals surface area contributed by atoms with Crippen LogP contribution in [0.25, 0.3) is 10.9 Å². The van der Waals surface area contributed by atoms with Crippen molar-refractivity contribution in [2.24, 2.45) is 0 Å². The van der Waals surface area contributed by atoms with Gasteiger partial charge in [-0.25, -0.2) is 14.4 Å². The summed E-state index contributed by atoms with van der Waals surface area (Å²) < 4.78 is 42.0. The average Bonchev–Trinajstić information content (AvgIpc) is 3.02. The molecule has 5 heterocycles. The van der Waals surface area contributed by atoms with Crippen molar-refractivity contribution in [3.63, 3.8) is 0 Å². The number of benzene rings is 1. The molecule has 0 saturated carbocycles. The number of piperidine rings is 1. The Labute approximate surface area is 253 Å². The van der Waals surface area contributed by atoms with Crippen LogP contribution in [-0.2, 0) is 17.9 Å². The van der Waals surface area contributed by atoms with E-state index in [1.807, 2.05) is 29.7 Å². The van der Waals surface area contributed by atoms with Crippen molar-refractivity contribution < 1.29 is 23.0 Å². The Morgan fingerprint density at radius 3 is 2.80 bits per heavy atom. The Balaban J connectivity index is 1.36. The minimum absolute atomic E-state index is 0.0515. The van der Waals surface area contributed by atoms with Crippen molar-refractivity contribution in [2.45, 2.75) is 51.9 Å². The molecular weight excluding hydrogens is 570 g/mol. The van der Waals surface area contributed by atoms with E-state index in [1.54, 1.807) is 31.8 Å². The molecule has 1 aromatic carbocycles. The first-order chi connectivity index (χ1) is 21.2. The quantitative estimate of drug-likeness (QED) is 0.310. The average molecular weight is 605 g/mol. The number of amides is 1. The molecular formula is C32H34F2N6O4. The van der Waals surface area contributed by atoms with E-state index in [-0.39, 0.29) is 46.7 Å². The normalized spacial score (nSPS) is 17.9. The molecule has 0 aliphatic carbocycles. The standard InChI is InChI=1S/C32H34F2N6O4/c1-19-18-44-32-29(34)26(33)12-25-30(32)40(19)16-22(31(25)42)15-39(14-21-8-9-35-28(11-21)43-3)24-5-4-10-38(17-24)23-6-7-27(36-13-23)37-20(2)41/h6-9,11-13,16,19,24H,4-5,10,14-15,17-18H2,1-3H3,(H,36,37,41). The lowest BCUT2D eigenvalue weighted by Crippen LogP contribution is -2.48. The summed E-state index contributed by atoms with van der Waals surface area (Å²) in [7, 11) is 1.57. The van der Waals surface area contributed by atoms with Crippen LogP contribution >= 0.6 is 0 Å². The highest BCUT2D eigenvalue weighted by atomic mass is 19.2. The summed E-state index contributed by atoms with van der Waals surface area (Å²) in [6, 6.07) is 8.37. The van der Waals surface area contributed by atoms with E-state index in [9.17, 15) is 18.4 Å². The van der Waals surface area contributed by atoms with Gasteiger partial charge in [-0.2, -0.15) is 4.39 Å². The molecule has 6 rings (SSSR count). The maximum atomic E-state index is 14.7. The number of pyridine rings is 3. The van der Waals surface area contributed by atoms with Crippen LogP contribution in [0.1, 0.15) is 43.9 Å². The number of rotatable bonds is 8. The van der Waals surface area contributed by atoms with Crippen LogP contribution in [0.3, 0.4) is 0 Å². The van der Waals surface area contributed by atoms with Crippen molar-refractivity contribution in [2.75, 3.05) is 37.0 Å². The number of ether oxygens (including phenoxy) is 2. The van der Waals surface area contributed by atoms with Crippen LogP contribution in [0.5, 0.6) is 11.6 Å². The summed E-state index contributed by atoms with van der Waals surface area (Å²) in [5.41, 5.74) is 2.32. The number of hydrogen-bond acceptors (Lipinski definition) is 8. The maximum Gasteiger partial charge on any atom is 0.222 e. The van der Waals surface area contributed by atoms with Crippen LogP contribution in [0.2, 0.25) is 0 Å². The number of halogens is 2. The molecule has 0 spiro atoms. The first kappa shape index (κ1) is 29.5. The predicted octanol–water partition coefficient (Wildman–Crippen LogP) is 4.66. The molecule has 2 aliphatic heterocycles. The van der Waals surface area contributed by atoms with Gasteiger partial charge in [0.25, 0.3) is 0 Å². The number of anilines is 2. The van der Waals surface area contributed by atoms with Crippen LogP contribution in [-0.4, -0.2) is 58.2 Å². The van der Waals surface area contributed by atoms with Gasteiger partial charge in [-0.3, -0.25) is 14.5 Å². The zero-order valence-corrected chi connectivity index (χ0v) is 24.8. The lowest BCUT2D eigenvalue weighted by molar-refractivity contribution is -0.114. The van der Waals surface area contributed by atoms with Gasteiger partial charge < -0.3 is 24.3 Å². The summed E-state index contributed by atoms with van der Waals surface area (Å²) in [5, 5.41) is 2.80. The molecule has 2 aliphatic rings. The van der Waals surface area contributed by atoms with Crippen LogP contribution < -0.4 is 25.1 Å². The van der Waals surface area contributed by atoms with Crippen molar-refractivity contribution in [1.29, 1.82) is 0 Å². The summed E-state index contributed by atoms with van der Waals surface area (Å²) >= 11 is 0. The van der Waals surface area contributed by atoms with Crippen LogP contribution in [0.4, 0.5) is 20.3 Å². The molecule has 3 aromatic heterocycles. The third-order valence-corrected chi connectivity index (χ3v) is 8.28. The third-order valence-electron chi connectivity index (χ3n) is 8.28. The first-order valence-electron chi connectivity index (χ1n) is 14.6. The zero-order chi connectivity index (χ0) is 31.0. The molecule has 4 aromatic rings. The van der Waals surface area contributed by atoms with Crippen molar-refractivity contribution in [1.82, 2.24) is 19.4 Å². The largest absolute Gasteiger partial charge is 0.486 e. The van der Waals surface area contributed by atoms with E-state index in [1.165, 1.54) is 6.92 Å². The van der Waals surface area contributed by atoms with E-state index in [2.05, 4.69) is 25.1 Å². The van der Waals surface area contributed by atoms with E-state index in [0.717, 1.165) is 36.7 Å². The molecule has 1 saturated heterocycles. The van der Waals surface area contributed by atoms with Gasteiger partial charge in [0.1, 0.15) is 12.4 Å². The SMILES string of the molecule is COc1cc(CN(Cc2cn3c4c(c(F)c(F)cc4c2=O)OCC3C)C2CCCN(c3ccc(NC(C)=O)nc3)C2)ccn1. The van der Waals surface area contributed by atoms with Crippen molar-refractivity contribution in [3.05, 3.63) is 81.9 Å². The highest BCUT2D eigenvalue weighted by molar-refractivity contribution is 5.88. The fourth-order valence-electron chi connectivity index (χ4n) is 6.11. The fraction of sp³-hybridized carbons (Fsp3) is 0.375. The topological polar surface area (TPSA) is 102 Å². The molecule has 0 bridgehead atoms. The molecule has 2 atom stereocenters. The number of hydrogen-bond donors (Lipinski definition) is 1. The number of methoxy groups -OCH3 is 1. The molecule has 0 radical (unpaired) electrons. The Hall–Kier alpha value is -4.58. The molecule has 1 amide bonds. The first-order valence-corrected chi connectivity index (χ1v) is 14.6. The maximum absolute atomic E-state index is 14.7. The second-order valence-electron chi connectivity index (χ2n) is 11.4. The Bertz CT molecular complexity index is 1760. The van der Waals surface area contributed by atoms with Gasteiger partial charge in [-0.05, 0) is 49.6 Å². The van der Waals surface area contributed by atoms with E-state index in [4.69, 9.17) is 9.47 Å². The third kappa shape index (κ3) is 5.81. The highest BCUT2D eigenvalue weighted by Gasteiger charge is 2.30. The van der Waals surface area contributed by atoms with Crippen LogP contribution in [0.15, 0.2) is 53.7 Å². The predicted molar refractivity (Wildman–Crippen MR) is 162 cm³/mol. The molecule has 230 valence electrons. The summed E-state index contributed by atoms with van der Waals surface area (Å²) in [6.45, 7) is 5.84. The number of carbonyl (C=O) groups is 1. The van der Waals surface area contributed by atoms with E-state index in [0.29, 0.717) is 36.9 Å². The van der Waals surface area contributed by atoms with Gasteiger partial charge in [0.2, 0.25) is 17.6 Å². The molecule has 2 unspecified atom stereocenters.